The monoisotopic (exact) mass is 240 g/mol. The number of ketones is 1. The summed E-state index contributed by atoms with van der Waals surface area (Å²) in [7, 11) is 0. The molecule has 0 amide bonds. The minimum Gasteiger partial charge on any atom is -0.508 e. The molecule has 2 aromatic heterocycles. The van der Waals surface area contributed by atoms with Gasteiger partial charge in [0.25, 0.3) is 0 Å². The van der Waals surface area contributed by atoms with Crippen LogP contribution in [0.4, 0.5) is 0 Å². The molecule has 0 spiro atoms. The fraction of sp³-hybridized carbons (Fsp3) is 0.143. The number of imidazole rings is 1. The first kappa shape index (κ1) is 10.8. The number of hydrogen-bond donors (Lipinski definition) is 1. The molecule has 0 aliphatic heterocycles. The molecule has 4 nitrogen and oxygen atoms in total. The number of aromatic hydroxyl groups is 1. The Kier molecular flexibility index (Phi) is 2.13. The molecule has 18 heavy (non-hydrogen) atoms. The van der Waals surface area contributed by atoms with E-state index in [1.54, 1.807) is 16.5 Å². The Hall–Kier alpha value is -2.36. The van der Waals surface area contributed by atoms with Crippen LogP contribution in [0.3, 0.4) is 0 Å². The molecule has 0 radical (unpaired) electrons. The number of aromatic nitrogens is 2. The molecule has 0 aliphatic rings. The van der Waals surface area contributed by atoms with Crippen molar-refractivity contribution < 1.29 is 9.90 Å². The van der Waals surface area contributed by atoms with Crippen LogP contribution in [0.25, 0.3) is 16.4 Å². The number of nitrogens with zero attached hydrogens (tertiary/aromatic N) is 2. The Bertz CT molecular complexity index is 787. The summed E-state index contributed by atoms with van der Waals surface area (Å²) in [5, 5.41) is 11.4. The van der Waals surface area contributed by atoms with Crippen molar-refractivity contribution in [1.82, 2.24) is 9.38 Å². The third-order valence-electron chi connectivity index (χ3n) is 3.10. The summed E-state index contributed by atoms with van der Waals surface area (Å²) in [5.41, 5.74) is 2.00. The number of hydrogen-bond acceptors (Lipinski definition) is 3. The summed E-state index contributed by atoms with van der Waals surface area (Å²) in [4.78, 5) is 16.1. The molecular weight excluding hydrogens is 228 g/mol. The summed E-state index contributed by atoms with van der Waals surface area (Å²) >= 11 is 0. The van der Waals surface area contributed by atoms with Gasteiger partial charge in [-0.25, -0.2) is 4.98 Å². The number of aryl methyl sites for hydroxylation is 1. The highest BCUT2D eigenvalue weighted by Gasteiger charge is 2.14. The fourth-order valence-electron chi connectivity index (χ4n) is 2.34. The normalized spacial score (nSPS) is 11.2. The van der Waals surface area contributed by atoms with Crippen molar-refractivity contribution in [1.29, 1.82) is 0 Å². The van der Waals surface area contributed by atoms with E-state index in [0.717, 1.165) is 10.8 Å². The van der Waals surface area contributed by atoms with E-state index < -0.39 is 0 Å². The van der Waals surface area contributed by atoms with Gasteiger partial charge in [-0.1, -0.05) is 6.07 Å². The molecule has 2 heterocycles. The van der Waals surface area contributed by atoms with Gasteiger partial charge in [-0.3, -0.25) is 9.20 Å². The van der Waals surface area contributed by atoms with E-state index in [1.807, 2.05) is 25.3 Å². The predicted octanol–water partition coefficient (Wildman–Crippen LogP) is 2.70. The van der Waals surface area contributed by atoms with Crippen molar-refractivity contribution in [3.63, 3.8) is 0 Å². The molecule has 1 aromatic carbocycles. The van der Waals surface area contributed by atoms with E-state index in [1.165, 1.54) is 6.92 Å². The first-order chi connectivity index (χ1) is 8.58. The van der Waals surface area contributed by atoms with E-state index in [-0.39, 0.29) is 11.5 Å². The van der Waals surface area contributed by atoms with Gasteiger partial charge in [-0.15, -0.1) is 0 Å². The lowest BCUT2D eigenvalue weighted by molar-refractivity contribution is 0.101. The third-order valence-corrected chi connectivity index (χ3v) is 3.10. The van der Waals surface area contributed by atoms with Crippen molar-refractivity contribution in [3.8, 4) is 5.75 Å². The first-order valence-corrected chi connectivity index (χ1v) is 5.69. The van der Waals surface area contributed by atoms with Gasteiger partial charge < -0.3 is 5.11 Å². The van der Waals surface area contributed by atoms with Crippen LogP contribution >= 0.6 is 0 Å². The van der Waals surface area contributed by atoms with Gasteiger partial charge in [0, 0.05) is 18.5 Å². The van der Waals surface area contributed by atoms with Crippen LogP contribution in [0.1, 0.15) is 23.1 Å². The van der Waals surface area contributed by atoms with Crippen LogP contribution in [-0.4, -0.2) is 20.3 Å². The molecule has 0 atom stereocenters. The highest BCUT2D eigenvalue weighted by Crippen LogP contribution is 2.25. The van der Waals surface area contributed by atoms with Crippen molar-refractivity contribution in [2.45, 2.75) is 13.8 Å². The van der Waals surface area contributed by atoms with Crippen LogP contribution < -0.4 is 0 Å². The Morgan fingerprint density at radius 3 is 2.83 bits per heavy atom. The van der Waals surface area contributed by atoms with E-state index >= 15 is 0 Å². The van der Waals surface area contributed by atoms with Crippen LogP contribution in [-0.2, 0) is 0 Å². The Morgan fingerprint density at radius 1 is 1.33 bits per heavy atom. The van der Waals surface area contributed by atoms with Crippen molar-refractivity contribution >= 4 is 22.2 Å². The highest BCUT2D eigenvalue weighted by atomic mass is 16.3. The SMILES string of the molecule is CC(=O)c1c(C)nc2c3cc(O)ccc3ccn12. The smallest absolute Gasteiger partial charge is 0.178 e. The summed E-state index contributed by atoms with van der Waals surface area (Å²) in [6.07, 6.45) is 1.84. The number of carbonyl (C=O) groups excluding carboxylic acids is 1. The zero-order valence-corrected chi connectivity index (χ0v) is 10.1. The molecule has 0 saturated heterocycles. The average Bonchev–Trinajstić information content (AvgIpc) is 2.65. The number of phenols is 1. The van der Waals surface area contributed by atoms with Crippen LogP contribution in [0.15, 0.2) is 30.5 Å². The lowest BCUT2D eigenvalue weighted by atomic mass is 10.1. The zero-order chi connectivity index (χ0) is 12.9. The molecule has 0 saturated carbocycles. The Balaban J connectivity index is 2.52. The lowest BCUT2D eigenvalue weighted by Gasteiger charge is -2.03. The molecule has 90 valence electrons. The number of Topliss-reactive ketones (excluding diaryl/α,β-unsaturated/α-hetero) is 1. The number of benzene rings is 1. The lowest BCUT2D eigenvalue weighted by Crippen LogP contribution is -2.00. The van der Waals surface area contributed by atoms with Gasteiger partial charge >= 0.3 is 0 Å². The summed E-state index contributed by atoms with van der Waals surface area (Å²) in [5.74, 6) is 0.181. The van der Waals surface area contributed by atoms with Gasteiger partial charge in [0.1, 0.15) is 17.1 Å². The van der Waals surface area contributed by atoms with Gasteiger partial charge in [-0.05, 0) is 30.5 Å². The molecule has 0 bridgehead atoms. The molecule has 0 fully saturated rings. The number of carbonyl (C=O) groups is 1. The maximum Gasteiger partial charge on any atom is 0.178 e. The van der Waals surface area contributed by atoms with E-state index in [0.29, 0.717) is 17.0 Å². The molecule has 3 rings (SSSR count). The zero-order valence-electron chi connectivity index (χ0n) is 10.1. The number of phenolic OH excluding ortho intramolecular Hbond substituents is 1. The second-order valence-electron chi connectivity index (χ2n) is 4.38. The Labute approximate surface area is 104 Å². The van der Waals surface area contributed by atoms with E-state index in [2.05, 4.69) is 4.98 Å². The predicted molar refractivity (Wildman–Crippen MR) is 69.1 cm³/mol. The minimum atomic E-state index is -0.0143. The second-order valence-corrected chi connectivity index (χ2v) is 4.38. The van der Waals surface area contributed by atoms with Crippen LogP contribution in [0.5, 0.6) is 5.75 Å². The molecular formula is C14H12N2O2. The van der Waals surface area contributed by atoms with Crippen LogP contribution in [0, 0.1) is 6.92 Å². The maximum absolute atomic E-state index is 11.6. The standard InChI is InChI=1S/C14H12N2O2/c1-8-13(9(2)17)16-6-5-10-3-4-11(18)7-12(10)14(16)15-8/h3-7,18H,1-2H3. The van der Waals surface area contributed by atoms with Crippen molar-refractivity contribution in [2.24, 2.45) is 0 Å². The quantitative estimate of drug-likeness (QED) is 0.665. The molecule has 3 aromatic rings. The number of rotatable bonds is 1. The van der Waals surface area contributed by atoms with Crippen molar-refractivity contribution in [2.75, 3.05) is 0 Å². The van der Waals surface area contributed by atoms with Crippen molar-refractivity contribution in [3.05, 3.63) is 41.9 Å². The minimum absolute atomic E-state index is 0.0143. The van der Waals surface area contributed by atoms with Crippen LogP contribution in [0.2, 0.25) is 0 Å². The highest BCUT2D eigenvalue weighted by molar-refractivity contribution is 5.99. The molecule has 1 N–H and O–H groups in total. The first-order valence-electron chi connectivity index (χ1n) is 5.69. The van der Waals surface area contributed by atoms with E-state index in [9.17, 15) is 9.90 Å². The Morgan fingerprint density at radius 2 is 2.11 bits per heavy atom. The number of pyridine rings is 1. The number of fused-ring (bicyclic) bond motifs is 3. The molecule has 4 heteroatoms. The topological polar surface area (TPSA) is 54.6 Å². The van der Waals surface area contributed by atoms with E-state index in [4.69, 9.17) is 0 Å². The second kappa shape index (κ2) is 3.57. The van der Waals surface area contributed by atoms with Gasteiger partial charge in [0.2, 0.25) is 0 Å². The summed E-state index contributed by atoms with van der Waals surface area (Å²) in [6.45, 7) is 3.35. The summed E-state index contributed by atoms with van der Waals surface area (Å²) in [6, 6.07) is 7.05. The molecule has 0 unspecified atom stereocenters. The average molecular weight is 240 g/mol. The van der Waals surface area contributed by atoms with Gasteiger partial charge in [0.15, 0.2) is 5.78 Å². The fourth-order valence-corrected chi connectivity index (χ4v) is 2.34. The largest absolute Gasteiger partial charge is 0.508 e. The van der Waals surface area contributed by atoms with Gasteiger partial charge in [0.05, 0.1) is 5.69 Å². The van der Waals surface area contributed by atoms with Gasteiger partial charge in [-0.2, -0.15) is 0 Å². The third kappa shape index (κ3) is 1.39. The summed E-state index contributed by atoms with van der Waals surface area (Å²) < 4.78 is 1.78. The maximum atomic E-state index is 11.6. The molecule has 0 aliphatic carbocycles.